The predicted octanol–water partition coefficient (Wildman–Crippen LogP) is 5.15. The number of imidazole rings is 1. The van der Waals surface area contributed by atoms with E-state index in [1.165, 1.54) is 18.2 Å². The first-order valence-corrected chi connectivity index (χ1v) is 7.86. The second-order valence-electron chi connectivity index (χ2n) is 5.36. The number of H-pyrrole nitrogens is 1. The molecule has 0 aliphatic heterocycles. The largest absolute Gasteiger partial charge is 0.337 e. The molecule has 1 N–H and O–H groups in total. The summed E-state index contributed by atoms with van der Waals surface area (Å²) in [5.74, 6) is 0.358. The lowest BCUT2D eigenvalue weighted by Crippen LogP contribution is -1.91. The maximum atomic E-state index is 11.0. The minimum absolute atomic E-state index is 0.0649. The lowest BCUT2D eigenvalue weighted by molar-refractivity contribution is -0.384. The molecule has 0 spiro atoms. The summed E-state index contributed by atoms with van der Waals surface area (Å²) in [4.78, 5) is 17.9. The summed E-state index contributed by atoms with van der Waals surface area (Å²) >= 11 is 11.9. The number of nitrogens with zero attached hydrogens (tertiary/aromatic N) is 3. The van der Waals surface area contributed by atoms with Crippen molar-refractivity contribution < 1.29 is 4.92 Å². The van der Waals surface area contributed by atoms with Gasteiger partial charge in [0.2, 0.25) is 0 Å². The molecule has 0 amide bonds. The van der Waals surface area contributed by atoms with Gasteiger partial charge in [0.1, 0.15) is 16.9 Å². The molecule has 1 aromatic heterocycles. The molecule has 8 heteroatoms. The van der Waals surface area contributed by atoms with Crippen molar-refractivity contribution in [1.82, 2.24) is 9.97 Å². The Hall–Kier alpha value is -2.88. The molecule has 0 atom stereocenters. The van der Waals surface area contributed by atoms with Gasteiger partial charge in [-0.05, 0) is 36.8 Å². The van der Waals surface area contributed by atoms with Crippen molar-refractivity contribution in [2.45, 2.75) is 6.92 Å². The molecule has 2 aromatic carbocycles. The number of benzene rings is 2. The number of nitrogens with one attached hydrogen (secondary N) is 1. The number of nitro benzene ring substituents is 1. The zero-order chi connectivity index (χ0) is 18.1. The van der Waals surface area contributed by atoms with Gasteiger partial charge in [0.15, 0.2) is 0 Å². The van der Waals surface area contributed by atoms with Crippen LogP contribution in [0.1, 0.15) is 17.0 Å². The molecular formula is C17H10Cl2N4O2. The third kappa shape index (κ3) is 3.33. The fraction of sp³-hybridized carbons (Fsp3) is 0.0588. The Bertz CT molecular complexity index is 1080. The van der Waals surface area contributed by atoms with Crippen molar-refractivity contribution in [1.29, 1.82) is 5.26 Å². The standard InChI is InChI=1S/C17H10Cl2N4O2/c1-9-2-3-14-15(4-9)22-17(21-14)11(8-20)5-10-6-16(23(24)25)13(19)7-12(10)18/h2-7H,1H3,(H,21,22)/b11-5+. The number of aromatic amines is 1. The summed E-state index contributed by atoms with van der Waals surface area (Å²) in [5.41, 5.74) is 2.80. The van der Waals surface area contributed by atoms with Gasteiger partial charge in [0.05, 0.1) is 21.5 Å². The first-order chi connectivity index (χ1) is 11.9. The van der Waals surface area contributed by atoms with Gasteiger partial charge < -0.3 is 4.98 Å². The van der Waals surface area contributed by atoms with Gasteiger partial charge in [-0.1, -0.05) is 29.3 Å². The van der Waals surface area contributed by atoms with E-state index >= 15 is 0 Å². The fourth-order valence-corrected chi connectivity index (χ4v) is 2.87. The second kappa shape index (κ2) is 6.55. The van der Waals surface area contributed by atoms with Crippen LogP contribution in [0.25, 0.3) is 22.7 Å². The molecular weight excluding hydrogens is 363 g/mol. The normalized spacial score (nSPS) is 11.5. The molecule has 0 fully saturated rings. The number of nitriles is 1. The molecule has 124 valence electrons. The summed E-state index contributed by atoms with van der Waals surface area (Å²) in [5, 5.41) is 20.6. The van der Waals surface area contributed by atoms with E-state index in [0.717, 1.165) is 16.6 Å². The molecule has 0 saturated heterocycles. The zero-order valence-corrected chi connectivity index (χ0v) is 14.4. The predicted molar refractivity (Wildman–Crippen MR) is 97.4 cm³/mol. The topological polar surface area (TPSA) is 95.6 Å². The molecule has 0 aliphatic carbocycles. The van der Waals surface area contributed by atoms with Crippen LogP contribution in [0.3, 0.4) is 0 Å². The van der Waals surface area contributed by atoms with Crippen molar-refractivity contribution in [3.05, 3.63) is 67.4 Å². The summed E-state index contributed by atoms with van der Waals surface area (Å²) in [6, 6.07) is 10.2. The molecule has 0 unspecified atom stereocenters. The van der Waals surface area contributed by atoms with E-state index in [0.29, 0.717) is 11.4 Å². The highest BCUT2D eigenvalue weighted by Crippen LogP contribution is 2.32. The van der Waals surface area contributed by atoms with Gasteiger partial charge in [-0.15, -0.1) is 0 Å². The third-order valence-electron chi connectivity index (χ3n) is 3.58. The van der Waals surface area contributed by atoms with E-state index in [1.54, 1.807) is 0 Å². The fourth-order valence-electron chi connectivity index (χ4n) is 2.36. The summed E-state index contributed by atoms with van der Waals surface area (Å²) in [6.45, 7) is 1.95. The Morgan fingerprint density at radius 1 is 1.32 bits per heavy atom. The molecule has 6 nitrogen and oxygen atoms in total. The highest BCUT2D eigenvalue weighted by Gasteiger charge is 2.16. The van der Waals surface area contributed by atoms with Gasteiger partial charge >= 0.3 is 0 Å². The summed E-state index contributed by atoms with van der Waals surface area (Å²) in [6.07, 6.45) is 1.44. The average Bonchev–Trinajstić information content (AvgIpc) is 2.96. The number of fused-ring (bicyclic) bond motifs is 1. The molecule has 3 aromatic rings. The Balaban J connectivity index is 2.13. The van der Waals surface area contributed by atoms with Crippen LogP contribution in [0.5, 0.6) is 0 Å². The Morgan fingerprint density at radius 3 is 2.76 bits per heavy atom. The number of nitro groups is 1. The van der Waals surface area contributed by atoms with Crippen LogP contribution in [0.2, 0.25) is 10.0 Å². The maximum Gasteiger partial charge on any atom is 0.288 e. The first kappa shape index (κ1) is 17.0. The van der Waals surface area contributed by atoms with Crippen LogP contribution in [-0.2, 0) is 0 Å². The van der Waals surface area contributed by atoms with E-state index in [2.05, 4.69) is 9.97 Å². The number of aryl methyl sites for hydroxylation is 1. The van der Waals surface area contributed by atoms with E-state index in [-0.39, 0.29) is 21.3 Å². The minimum atomic E-state index is -0.605. The van der Waals surface area contributed by atoms with Gasteiger partial charge in [0, 0.05) is 16.7 Å². The van der Waals surface area contributed by atoms with Crippen LogP contribution < -0.4 is 0 Å². The van der Waals surface area contributed by atoms with E-state index < -0.39 is 4.92 Å². The SMILES string of the molecule is Cc1ccc2nc(/C(C#N)=C/c3cc([N+](=O)[O-])c(Cl)cc3Cl)[nH]c2c1. The summed E-state index contributed by atoms with van der Waals surface area (Å²) in [7, 11) is 0. The van der Waals surface area contributed by atoms with Crippen molar-refractivity contribution >= 4 is 51.6 Å². The van der Waals surface area contributed by atoms with Gasteiger partial charge in [-0.3, -0.25) is 10.1 Å². The smallest absolute Gasteiger partial charge is 0.288 e. The molecule has 1 heterocycles. The van der Waals surface area contributed by atoms with Crippen LogP contribution in [0.4, 0.5) is 5.69 Å². The number of aromatic nitrogens is 2. The first-order valence-electron chi connectivity index (χ1n) is 7.11. The number of hydrogen-bond donors (Lipinski definition) is 1. The zero-order valence-electron chi connectivity index (χ0n) is 12.9. The average molecular weight is 373 g/mol. The minimum Gasteiger partial charge on any atom is -0.337 e. The highest BCUT2D eigenvalue weighted by molar-refractivity contribution is 6.37. The molecule has 0 radical (unpaired) electrons. The van der Waals surface area contributed by atoms with Crippen LogP contribution in [0, 0.1) is 28.4 Å². The van der Waals surface area contributed by atoms with Gasteiger partial charge in [-0.25, -0.2) is 4.98 Å². The van der Waals surface area contributed by atoms with Crippen molar-refractivity contribution in [2.75, 3.05) is 0 Å². The number of allylic oxidation sites excluding steroid dienone is 1. The molecule has 0 aliphatic rings. The van der Waals surface area contributed by atoms with Crippen molar-refractivity contribution in [3.63, 3.8) is 0 Å². The van der Waals surface area contributed by atoms with Crippen LogP contribution >= 0.6 is 23.2 Å². The van der Waals surface area contributed by atoms with Crippen molar-refractivity contribution in [3.8, 4) is 6.07 Å². The highest BCUT2D eigenvalue weighted by atomic mass is 35.5. The number of hydrogen-bond acceptors (Lipinski definition) is 4. The monoisotopic (exact) mass is 372 g/mol. The molecule has 0 bridgehead atoms. The van der Waals surface area contributed by atoms with E-state index in [1.807, 2.05) is 31.2 Å². The van der Waals surface area contributed by atoms with Crippen molar-refractivity contribution in [2.24, 2.45) is 0 Å². The van der Waals surface area contributed by atoms with Gasteiger partial charge in [0.25, 0.3) is 5.69 Å². The van der Waals surface area contributed by atoms with E-state index in [9.17, 15) is 15.4 Å². The Labute approximate surface area is 152 Å². The Kier molecular flexibility index (Phi) is 4.45. The summed E-state index contributed by atoms with van der Waals surface area (Å²) < 4.78 is 0. The Morgan fingerprint density at radius 2 is 2.08 bits per heavy atom. The lowest BCUT2D eigenvalue weighted by atomic mass is 10.1. The number of halogens is 2. The van der Waals surface area contributed by atoms with E-state index in [4.69, 9.17) is 23.2 Å². The van der Waals surface area contributed by atoms with Crippen LogP contribution in [-0.4, -0.2) is 14.9 Å². The third-order valence-corrected chi connectivity index (χ3v) is 4.21. The second-order valence-corrected chi connectivity index (χ2v) is 6.17. The van der Waals surface area contributed by atoms with Gasteiger partial charge in [-0.2, -0.15) is 5.26 Å². The quantitative estimate of drug-likeness (QED) is 0.390. The number of rotatable bonds is 3. The molecule has 25 heavy (non-hydrogen) atoms. The lowest BCUT2D eigenvalue weighted by Gasteiger charge is -2.02. The van der Waals surface area contributed by atoms with Crippen LogP contribution in [0.15, 0.2) is 30.3 Å². The molecule has 0 saturated carbocycles. The molecule has 3 rings (SSSR count). The maximum absolute atomic E-state index is 11.0.